The first-order valence-corrected chi connectivity index (χ1v) is 11.3. The summed E-state index contributed by atoms with van der Waals surface area (Å²) in [6.07, 6.45) is 0.156. The molecule has 1 aliphatic carbocycles. The van der Waals surface area contributed by atoms with Gasteiger partial charge in [0.05, 0.1) is 6.42 Å². The minimum absolute atomic E-state index is 0.00149. The van der Waals surface area contributed by atoms with Crippen LogP contribution in [0, 0.1) is 5.41 Å². The zero-order valence-corrected chi connectivity index (χ0v) is 19.4. The average Bonchev–Trinajstić information content (AvgIpc) is 3.08. The fourth-order valence-corrected chi connectivity index (χ4v) is 4.16. The minimum Gasteiger partial charge on any atom is -0.481 e. The van der Waals surface area contributed by atoms with Crippen molar-refractivity contribution in [3.05, 3.63) is 59.7 Å². The van der Waals surface area contributed by atoms with Crippen LogP contribution in [0.5, 0.6) is 0 Å². The number of carbonyl (C=O) groups excluding carboxylic acids is 2. The predicted molar refractivity (Wildman–Crippen MR) is 126 cm³/mol. The van der Waals surface area contributed by atoms with Crippen LogP contribution in [-0.2, 0) is 14.3 Å². The average molecular weight is 453 g/mol. The molecule has 1 atom stereocenters. The second kappa shape index (κ2) is 10.5. The summed E-state index contributed by atoms with van der Waals surface area (Å²) in [4.78, 5) is 35.3. The van der Waals surface area contributed by atoms with E-state index in [9.17, 15) is 14.4 Å². The number of aliphatic carboxylic acids is 1. The number of fused-ring (bicyclic) bond motifs is 3. The van der Waals surface area contributed by atoms with Gasteiger partial charge in [0.15, 0.2) is 0 Å². The number of amides is 2. The number of benzene rings is 2. The molecule has 1 unspecified atom stereocenters. The van der Waals surface area contributed by atoms with Crippen LogP contribution >= 0.6 is 0 Å². The number of carboxylic acids is 1. The summed E-state index contributed by atoms with van der Waals surface area (Å²) >= 11 is 0. The Morgan fingerprint density at radius 2 is 1.61 bits per heavy atom. The van der Waals surface area contributed by atoms with Crippen LogP contribution in [0.2, 0.25) is 0 Å². The third-order valence-electron chi connectivity index (χ3n) is 5.91. The fourth-order valence-electron chi connectivity index (χ4n) is 4.16. The smallest absolute Gasteiger partial charge is 0.407 e. The first-order valence-electron chi connectivity index (χ1n) is 11.3. The minimum atomic E-state index is -0.893. The molecule has 2 aromatic carbocycles. The largest absolute Gasteiger partial charge is 0.481 e. The van der Waals surface area contributed by atoms with E-state index < -0.39 is 17.5 Å². The molecule has 7 nitrogen and oxygen atoms in total. The molecule has 176 valence electrons. The van der Waals surface area contributed by atoms with Gasteiger partial charge in [-0.05, 0) is 41.0 Å². The SMILES string of the molecule is CC(CCC(=O)NCC(C)(C)CC(=O)O)NC(=O)OCC1c2ccccc2-c2ccccc21. The van der Waals surface area contributed by atoms with Gasteiger partial charge in [-0.25, -0.2) is 4.79 Å². The van der Waals surface area contributed by atoms with Crippen molar-refractivity contribution < 1.29 is 24.2 Å². The Bertz CT molecular complexity index is 972. The number of carboxylic acid groups (broad SMARTS) is 1. The summed E-state index contributed by atoms with van der Waals surface area (Å²) < 4.78 is 5.54. The fraction of sp³-hybridized carbons (Fsp3) is 0.423. The maximum absolute atomic E-state index is 12.3. The van der Waals surface area contributed by atoms with Crippen molar-refractivity contribution >= 4 is 18.0 Å². The van der Waals surface area contributed by atoms with E-state index in [4.69, 9.17) is 9.84 Å². The molecule has 1 aliphatic rings. The molecule has 0 spiro atoms. The second-order valence-corrected chi connectivity index (χ2v) is 9.42. The molecule has 0 fully saturated rings. The Kier molecular flexibility index (Phi) is 7.74. The zero-order chi connectivity index (χ0) is 24.0. The molecule has 7 heteroatoms. The standard InChI is InChI=1S/C26H32N2O5/c1-17(12-13-23(29)27-16-26(2,3)14-24(30)31)28-25(32)33-15-22-20-10-6-4-8-18(20)19-9-5-7-11-21(19)22/h4-11,17,22H,12-16H2,1-3H3,(H,27,29)(H,28,32)(H,30,31). The van der Waals surface area contributed by atoms with Gasteiger partial charge in [0.25, 0.3) is 0 Å². The van der Waals surface area contributed by atoms with Crippen LogP contribution in [0.4, 0.5) is 4.79 Å². The third kappa shape index (κ3) is 6.57. The molecule has 0 bridgehead atoms. The van der Waals surface area contributed by atoms with Gasteiger partial charge in [-0.2, -0.15) is 0 Å². The van der Waals surface area contributed by atoms with Crippen LogP contribution in [0.1, 0.15) is 57.1 Å². The van der Waals surface area contributed by atoms with Gasteiger partial charge in [0.2, 0.25) is 5.91 Å². The molecule has 0 aliphatic heterocycles. The van der Waals surface area contributed by atoms with Crippen LogP contribution < -0.4 is 10.6 Å². The summed E-state index contributed by atoms with van der Waals surface area (Å²) in [5.41, 5.74) is 4.14. The van der Waals surface area contributed by atoms with Gasteiger partial charge in [-0.15, -0.1) is 0 Å². The zero-order valence-electron chi connectivity index (χ0n) is 19.4. The van der Waals surface area contributed by atoms with Crippen molar-refractivity contribution in [1.82, 2.24) is 10.6 Å². The van der Waals surface area contributed by atoms with Crippen LogP contribution in [-0.4, -0.2) is 42.3 Å². The summed E-state index contributed by atoms with van der Waals surface area (Å²) in [5, 5.41) is 14.5. The monoisotopic (exact) mass is 452 g/mol. The van der Waals surface area contributed by atoms with Gasteiger partial charge in [-0.3, -0.25) is 9.59 Å². The van der Waals surface area contributed by atoms with Gasteiger partial charge >= 0.3 is 12.1 Å². The molecule has 2 aromatic rings. The van der Waals surface area contributed by atoms with Crippen molar-refractivity contribution in [2.45, 2.75) is 52.0 Å². The summed E-state index contributed by atoms with van der Waals surface area (Å²) in [6.45, 7) is 5.94. The van der Waals surface area contributed by atoms with Crippen LogP contribution in [0.15, 0.2) is 48.5 Å². The molecule has 0 saturated carbocycles. The van der Waals surface area contributed by atoms with Crippen LogP contribution in [0.25, 0.3) is 11.1 Å². The lowest BCUT2D eigenvalue weighted by atomic mass is 9.89. The lowest BCUT2D eigenvalue weighted by Gasteiger charge is -2.23. The molecule has 3 N–H and O–H groups in total. The first kappa shape index (κ1) is 24.3. The highest BCUT2D eigenvalue weighted by Crippen LogP contribution is 2.44. The number of rotatable bonds is 10. The Hall–Kier alpha value is -3.35. The lowest BCUT2D eigenvalue weighted by molar-refractivity contribution is -0.139. The Morgan fingerprint density at radius 1 is 1.03 bits per heavy atom. The molecule has 0 radical (unpaired) electrons. The third-order valence-corrected chi connectivity index (χ3v) is 5.91. The quantitative estimate of drug-likeness (QED) is 0.498. The van der Waals surface area contributed by atoms with Crippen molar-refractivity contribution in [3.8, 4) is 11.1 Å². The normalized spacial score (nSPS) is 13.5. The molecule has 0 heterocycles. The van der Waals surface area contributed by atoms with E-state index in [0.717, 1.165) is 11.1 Å². The number of carbonyl (C=O) groups is 3. The second-order valence-electron chi connectivity index (χ2n) is 9.42. The van der Waals surface area contributed by atoms with Gasteiger partial charge < -0.3 is 20.5 Å². The van der Waals surface area contributed by atoms with Crippen LogP contribution in [0.3, 0.4) is 0 Å². The molecular formula is C26H32N2O5. The van der Waals surface area contributed by atoms with E-state index >= 15 is 0 Å². The van der Waals surface area contributed by atoms with Crippen molar-refractivity contribution in [3.63, 3.8) is 0 Å². The van der Waals surface area contributed by atoms with Gasteiger partial charge in [0.1, 0.15) is 6.61 Å². The molecular weight excluding hydrogens is 420 g/mol. The first-order chi connectivity index (χ1) is 15.7. The van der Waals surface area contributed by atoms with E-state index in [0.29, 0.717) is 6.42 Å². The number of nitrogens with one attached hydrogen (secondary N) is 2. The highest BCUT2D eigenvalue weighted by atomic mass is 16.5. The van der Waals surface area contributed by atoms with Gasteiger partial charge in [0, 0.05) is 24.9 Å². The summed E-state index contributed by atoms with van der Waals surface area (Å²) in [6, 6.07) is 16.1. The van der Waals surface area contributed by atoms with Gasteiger partial charge in [-0.1, -0.05) is 62.4 Å². The summed E-state index contributed by atoms with van der Waals surface area (Å²) in [7, 11) is 0. The maximum Gasteiger partial charge on any atom is 0.407 e. The Balaban J connectivity index is 1.43. The number of hydrogen-bond acceptors (Lipinski definition) is 4. The molecule has 0 aromatic heterocycles. The van der Waals surface area contributed by atoms with E-state index in [2.05, 4.69) is 34.9 Å². The number of alkyl carbamates (subject to hydrolysis) is 1. The van der Waals surface area contributed by atoms with E-state index in [-0.39, 0.29) is 43.9 Å². The van der Waals surface area contributed by atoms with E-state index in [1.807, 2.05) is 31.2 Å². The summed E-state index contributed by atoms with van der Waals surface area (Å²) in [5.74, 6) is -1.07. The van der Waals surface area contributed by atoms with Crippen molar-refractivity contribution in [2.24, 2.45) is 5.41 Å². The lowest BCUT2D eigenvalue weighted by Crippen LogP contribution is -2.37. The predicted octanol–water partition coefficient (Wildman–Crippen LogP) is 4.31. The highest BCUT2D eigenvalue weighted by molar-refractivity contribution is 5.79. The topological polar surface area (TPSA) is 105 Å². The van der Waals surface area contributed by atoms with E-state index in [1.165, 1.54) is 11.1 Å². The number of hydrogen-bond donors (Lipinski definition) is 3. The molecule has 0 saturated heterocycles. The Morgan fingerprint density at radius 3 is 2.18 bits per heavy atom. The molecule has 33 heavy (non-hydrogen) atoms. The Labute approximate surface area is 194 Å². The van der Waals surface area contributed by atoms with Crippen molar-refractivity contribution in [1.29, 1.82) is 0 Å². The van der Waals surface area contributed by atoms with Crippen molar-refractivity contribution in [2.75, 3.05) is 13.2 Å². The molecule has 2 amide bonds. The molecule has 3 rings (SSSR count). The highest BCUT2D eigenvalue weighted by Gasteiger charge is 2.29. The number of ether oxygens (including phenoxy) is 1. The van der Waals surface area contributed by atoms with E-state index in [1.54, 1.807) is 13.8 Å². The maximum atomic E-state index is 12.3.